The van der Waals surface area contributed by atoms with Crippen LogP contribution in [0.3, 0.4) is 0 Å². The summed E-state index contributed by atoms with van der Waals surface area (Å²) < 4.78 is 19.2. The number of ether oxygens (including phenoxy) is 1. The number of amides is 1. The minimum atomic E-state index is -0.444. The maximum atomic E-state index is 13.6. The summed E-state index contributed by atoms with van der Waals surface area (Å²) in [6.07, 6.45) is 0. The van der Waals surface area contributed by atoms with Gasteiger partial charge in [-0.2, -0.15) is 0 Å². The lowest BCUT2D eigenvalue weighted by atomic mass is 10.2. The standard InChI is InChI=1S/C19H15Cl2FN2O2/c1-10-3-5-12(7-16(10)22)24-17(25)9-26-19-15(21)8-14(20)13-6-4-11(2)23-18(13)19/h3-8H,9H2,1-2H3,(H,24,25). The van der Waals surface area contributed by atoms with E-state index in [1.165, 1.54) is 6.07 Å². The highest BCUT2D eigenvalue weighted by molar-refractivity contribution is 6.39. The second-order valence-corrected chi connectivity index (χ2v) is 6.63. The SMILES string of the molecule is Cc1ccc2c(Cl)cc(Cl)c(OCC(=O)Nc3ccc(C)c(F)c3)c2n1. The van der Waals surface area contributed by atoms with Crippen molar-refractivity contribution in [3.8, 4) is 5.75 Å². The van der Waals surface area contributed by atoms with Crippen molar-refractivity contribution in [3.63, 3.8) is 0 Å². The van der Waals surface area contributed by atoms with Crippen molar-refractivity contribution in [2.45, 2.75) is 13.8 Å². The molecule has 3 aromatic rings. The van der Waals surface area contributed by atoms with Gasteiger partial charge < -0.3 is 10.1 Å². The lowest BCUT2D eigenvalue weighted by Crippen LogP contribution is -2.20. The summed E-state index contributed by atoms with van der Waals surface area (Å²) in [6, 6.07) is 9.64. The number of anilines is 1. The second kappa shape index (κ2) is 7.48. The molecule has 0 unspecified atom stereocenters. The smallest absolute Gasteiger partial charge is 0.262 e. The van der Waals surface area contributed by atoms with Crippen molar-refractivity contribution in [2.24, 2.45) is 0 Å². The van der Waals surface area contributed by atoms with E-state index in [-0.39, 0.29) is 17.4 Å². The molecule has 26 heavy (non-hydrogen) atoms. The van der Waals surface area contributed by atoms with Crippen molar-refractivity contribution in [3.05, 3.63) is 63.5 Å². The van der Waals surface area contributed by atoms with Crippen LogP contribution in [-0.4, -0.2) is 17.5 Å². The Morgan fingerprint density at radius 3 is 2.65 bits per heavy atom. The summed E-state index contributed by atoms with van der Waals surface area (Å²) in [7, 11) is 0. The molecular formula is C19H15Cl2FN2O2. The van der Waals surface area contributed by atoms with Gasteiger partial charge in [0.15, 0.2) is 12.4 Å². The molecule has 134 valence electrons. The summed E-state index contributed by atoms with van der Waals surface area (Å²) in [4.78, 5) is 16.5. The Labute approximate surface area is 159 Å². The fraction of sp³-hybridized carbons (Fsp3) is 0.158. The number of carbonyl (C=O) groups is 1. The predicted octanol–water partition coefficient (Wildman–Crippen LogP) is 5.32. The van der Waals surface area contributed by atoms with E-state index >= 15 is 0 Å². The highest BCUT2D eigenvalue weighted by atomic mass is 35.5. The third kappa shape index (κ3) is 3.89. The number of halogens is 3. The second-order valence-electron chi connectivity index (χ2n) is 5.82. The van der Waals surface area contributed by atoms with Crippen LogP contribution in [0.4, 0.5) is 10.1 Å². The maximum absolute atomic E-state index is 13.6. The highest BCUT2D eigenvalue weighted by Gasteiger charge is 2.15. The number of aryl methyl sites for hydroxylation is 2. The number of hydrogen-bond acceptors (Lipinski definition) is 3. The zero-order valence-electron chi connectivity index (χ0n) is 14.1. The van der Waals surface area contributed by atoms with Gasteiger partial charge in [0.2, 0.25) is 0 Å². The van der Waals surface area contributed by atoms with Crippen LogP contribution in [-0.2, 0) is 4.79 Å². The normalized spacial score (nSPS) is 10.8. The van der Waals surface area contributed by atoms with Crippen molar-refractivity contribution in [2.75, 3.05) is 11.9 Å². The molecule has 0 bridgehead atoms. The van der Waals surface area contributed by atoms with Crippen LogP contribution < -0.4 is 10.1 Å². The number of aromatic nitrogens is 1. The van der Waals surface area contributed by atoms with E-state index in [9.17, 15) is 9.18 Å². The van der Waals surface area contributed by atoms with Gasteiger partial charge in [-0.25, -0.2) is 9.37 Å². The zero-order chi connectivity index (χ0) is 18.8. The van der Waals surface area contributed by atoms with E-state index in [0.29, 0.717) is 27.2 Å². The minimum absolute atomic E-state index is 0.259. The highest BCUT2D eigenvalue weighted by Crippen LogP contribution is 2.37. The average molecular weight is 393 g/mol. The number of nitrogens with zero attached hydrogens (tertiary/aromatic N) is 1. The Morgan fingerprint density at radius 2 is 1.92 bits per heavy atom. The molecule has 3 rings (SSSR count). The number of rotatable bonds is 4. The quantitative estimate of drug-likeness (QED) is 0.653. The summed E-state index contributed by atoms with van der Waals surface area (Å²) in [5.74, 6) is -0.560. The van der Waals surface area contributed by atoms with Gasteiger partial charge in [-0.15, -0.1) is 0 Å². The summed E-state index contributed by atoms with van der Waals surface area (Å²) >= 11 is 12.4. The van der Waals surface area contributed by atoms with Gasteiger partial charge in [-0.05, 0) is 49.7 Å². The predicted molar refractivity (Wildman–Crippen MR) is 102 cm³/mol. The van der Waals surface area contributed by atoms with E-state index in [0.717, 1.165) is 5.69 Å². The van der Waals surface area contributed by atoms with Crippen molar-refractivity contribution in [1.82, 2.24) is 4.98 Å². The van der Waals surface area contributed by atoms with Crippen LogP contribution in [0.5, 0.6) is 5.75 Å². The number of carbonyl (C=O) groups excluding carboxylic acids is 1. The van der Waals surface area contributed by atoms with Gasteiger partial charge >= 0.3 is 0 Å². The van der Waals surface area contributed by atoms with Crippen molar-refractivity contribution < 1.29 is 13.9 Å². The van der Waals surface area contributed by atoms with Crippen LogP contribution in [0.25, 0.3) is 10.9 Å². The molecule has 1 heterocycles. The average Bonchev–Trinajstić information content (AvgIpc) is 2.57. The number of fused-ring (bicyclic) bond motifs is 1. The molecule has 0 radical (unpaired) electrons. The van der Waals surface area contributed by atoms with Gasteiger partial charge in [-0.1, -0.05) is 29.3 Å². The summed E-state index contributed by atoms with van der Waals surface area (Å²) in [5, 5.41) is 3.96. The molecular weight excluding hydrogens is 378 g/mol. The Kier molecular flexibility index (Phi) is 5.30. The van der Waals surface area contributed by atoms with E-state index in [1.807, 2.05) is 19.1 Å². The molecule has 4 nitrogen and oxygen atoms in total. The molecule has 0 aliphatic carbocycles. The molecule has 0 saturated heterocycles. The molecule has 0 spiro atoms. The van der Waals surface area contributed by atoms with Crippen LogP contribution in [0, 0.1) is 19.7 Å². The molecule has 1 N–H and O–H groups in total. The molecule has 1 amide bonds. The molecule has 1 aromatic heterocycles. The first-order valence-corrected chi connectivity index (χ1v) is 8.55. The molecule has 0 aliphatic heterocycles. The first-order chi connectivity index (χ1) is 12.3. The van der Waals surface area contributed by atoms with Gasteiger partial charge in [0.1, 0.15) is 11.3 Å². The third-order valence-corrected chi connectivity index (χ3v) is 4.37. The van der Waals surface area contributed by atoms with E-state index in [1.54, 1.807) is 25.1 Å². The van der Waals surface area contributed by atoms with Crippen molar-refractivity contribution in [1.29, 1.82) is 0 Å². The van der Waals surface area contributed by atoms with Gasteiger partial charge in [0.05, 0.1) is 10.0 Å². The molecule has 0 saturated carbocycles. The number of hydrogen-bond donors (Lipinski definition) is 1. The molecule has 0 atom stereocenters. The van der Waals surface area contributed by atoms with Crippen LogP contribution in [0.2, 0.25) is 10.0 Å². The van der Waals surface area contributed by atoms with Crippen LogP contribution >= 0.6 is 23.2 Å². The van der Waals surface area contributed by atoms with Crippen LogP contribution in [0.1, 0.15) is 11.3 Å². The largest absolute Gasteiger partial charge is 0.480 e. The topological polar surface area (TPSA) is 51.2 Å². The lowest BCUT2D eigenvalue weighted by Gasteiger charge is -2.12. The fourth-order valence-electron chi connectivity index (χ4n) is 2.43. The van der Waals surface area contributed by atoms with E-state index < -0.39 is 11.7 Å². The van der Waals surface area contributed by atoms with Gasteiger partial charge in [0, 0.05) is 16.8 Å². The van der Waals surface area contributed by atoms with Crippen LogP contribution in [0.15, 0.2) is 36.4 Å². The van der Waals surface area contributed by atoms with Gasteiger partial charge in [0.25, 0.3) is 5.91 Å². The lowest BCUT2D eigenvalue weighted by molar-refractivity contribution is -0.118. The molecule has 0 fully saturated rings. The first-order valence-electron chi connectivity index (χ1n) is 7.79. The molecule has 7 heteroatoms. The minimum Gasteiger partial charge on any atom is -0.480 e. The Balaban J connectivity index is 1.80. The fourth-order valence-corrected chi connectivity index (χ4v) is 3.00. The summed E-state index contributed by atoms with van der Waals surface area (Å²) in [6.45, 7) is 3.17. The molecule has 2 aromatic carbocycles. The Bertz CT molecular complexity index is 1010. The Morgan fingerprint density at radius 1 is 1.15 bits per heavy atom. The molecule has 0 aliphatic rings. The third-order valence-electron chi connectivity index (χ3n) is 3.78. The first kappa shape index (κ1) is 18.4. The number of benzene rings is 2. The van der Waals surface area contributed by atoms with E-state index in [2.05, 4.69) is 10.3 Å². The number of pyridine rings is 1. The zero-order valence-corrected chi connectivity index (χ0v) is 15.6. The van der Waals surface area contributed by atoms with Crippen molar-refractivity contribution >= 4 is 45.7 Å². The monoisotopic (exact) mass is 392 g/mol. The number of nitrogens with one attached hydrogen (secondary N) is 1. The summed E-state index contributed by atoms with van der Waals surface area (Å²) in [5.41, 5.74) is 2.10. The maximum Gasteiger partial charge on any atom is 0.262 e. The van der Waals surface area contributed by atoms with E-state index in [4.69, 9.17) is 27.9 Å². The van der Waals surface area contributed by atoms with Gasteiger partial charge in [-0.3, -0.25) is 4.79 Å². The Hall–Kier alpha value is -2.37.